The molecule has 26 heavy (non-hydrogen) atoms. The molecule has 2 aromatic carbocycles. The second kappa shape index (κ2) is 8.15. The van der Waals surface area contributed by atoms with Crippen molar-refractivity contribution in [3.63, 3.8) is 0 Å². The molecule has 1 aliphatic heterocycles. The van der Waals surface area contributed by atoms with Crippen LogP contribution in [-0.2, 0) is 4.79 Å². The molecule has 3 rings (SSSR count). The number of nitrogens with zero attached hydrogens (tertiary/aromatic N) is 2. The first-order valence-electron chi connectivity index (χ1n) is 8.72. The van der Waals surface area contributed by atoms with Crippen LogP contribution in [0.15, 0.2) is 60.7 Å². The number of hydrazine groups is 1. The van der Waals surface area contributed by atoms with Crippen molar-refractivity contribution in [3.8, 4) is 5.75 Å². The van der Waals surface area contributed by atoms with Crippen LogP contribution in [0.1, 0.15) is 25.3 Å². The summed E-state index contributed by atoms with van der Waals surface area (Å²) < 4.78 is 5.24. The summed E-state index contributed by atoms with van der Waals surface area (Å²) in [5, 5.41) is 3.56. The van der Waals surface area contributed by atoms with E-state index in [-0.39, 0.29) is 5.91 Å². The zero-order chi connectivity index (χ0) is 18.5. The Kier molecular flexibility index (Phi) is 5.68. The minimum Gasteiger partial charge on any atom is -0.497 e. The summed E-state index contributed by atoms with van der Waals surface area (Å²) in [6.45, 7) is 2.84. The number of ether oxygens (including phenoxy) is 1. The van der Waals surface area contributed by atoms with Crippen LogP contribution in [-0.4, -0.2) is 29.6 Å². The van der Waals surface area contributed by atoms with Crippen LogP contribution < -0.4 is 9.75 Å². The van der Waals surface area contributed by atoms with Gasteiger partial charge in [0.2, 0.25) is 0 Å². The van der Waals surface area contributed by atoms with E-state index in [1.165, 1.54) is 0 Å². The molecule has 0 unspecified atom stereocenters. The van der Waals surface area contributed by atoms with Gasteiger partial charge in [-0.05, 0) is 42.3 Å². The van der Waals surface area contributed by atoms with Gasteiger partial charge in [0.1, 0.15) is 10.7 Å². The Bertz CT molecular complexity index is 816. The fourth-order valence-corrected chi connectivity index (χ4v) is 3.22. The maximum atomic E-state index is 13.1. The summed E-state index contributed by atoms with van der Waals surface area (Å²) in [6.07, 6.45) is 3.77. The third-order valence-corrected chi connectivity index (χ3v) is 4.61. The highest BCUT2D eigenvalue weighted by Gasteiger charge is 2.33. The van der Waals surface area contributed by atoms with Gasteiger partial charge in [0.25, 0.3) is 5.91 Å². The number of benzene rings is 2. The van der Waals surface area contributed by atoms with E-state index < -0.39 is 0 Å². The largest absolute Gasteiger partial charge is 0.497 e. The lowest BCUT2D eigenvalue weighted by Crippen LogP contribution is -2.47. The molecule has 1 amide bonds. The predicted octanol–water partition coefficient (Wildman–Crippen LogP) is 4.47. The van der Waals surface area contributed by atoms with Crippen molar-refractivity contribution >= 4 is 34.4 Å². The van der Waals surface area contributed by atoms with Crippen LogP contribution in [0.2, 0.25) is 0 Å². The first-order valence-corrected chi connectivity index (χ1v) is 9.13. The summed E-state index contributed by atoms with van der Waals surface area (Å²) in [5.74, 6) is 0.690. The van der Waals surface area contributed by atoms with Gasteiger partial charge in [-0.15, -0.1) is 0 Å². The second-order valence-corrected chi connectivity index (χ2v) is 6.47. The van der Waals surface area contributed by atoms with Crippen LogP contribution in [0.4, 0.5) is 5.69 Å². The van der Waals surface area contributed by atoms with E-state index >= 15 is 0 Å². The van der Waals surface area contributed by atoms with Gasteiger partial charge in [-0.3, -0.25) is 9.80 Å². The van der Waals surface area contributed by atoms with Crippen LogP contribution >= 0.6 is 12.2 Å². The molecule has 0 saturated heterocycles. The molecule has 0 radical (unpaired) electrons. The SMILES string of the molecule is CCCCN(c1ccc(OC)cc1)N1C(=O)C(c2ccccc2)=CC1=S. The summed E-state index contributed by atoms with van der Waals surface area (Å²) >= 11 is 5.53. The number of hydrogen-bond acceptors (Lipinski definition) is 4. The molecule has 134 valence electrons. The molecule has 0 aliphatic carbocycles. The van der Waals surface area contributed by atoms with Gasteiger partial charge >= 0.3 is 0 Å². The number of hydrogen-bond donors (Lipinski definition) is 0. The Labute approximate surface area is 159 Å². The number of anilines is 1. The van der Waals surface area contributed by atoms with E-state index in [0.717, 1.165) is 29.8 Å². The molecule has 2 aromatic rings. The van der Waals surface area contributed by atoms with Crippen molar-refractivity contribution < 1.29 is 9.53 Å². The molecule has 0 spiro atoms. The van der Waals surface area contributed by atoms with E-state index in [1.54, 1.807) is 18.2 Å². The number of rotatable bonds is 7. The molecule has 0 N–H and O–H groups in total. The maximum absolute atomic E-state index is 13.1. The highest BCUT2D eigenvalue weighted by Crippen LogP contribution is 2.29. The minimum atomic E-state index is -0.0897. The molecule has 0 aromatic heterocycles. The van der Waals surface area contributed by atoms with Crippen molar-refractivity contribution in [2.24, 2.45) is 0 Å². The average Bonchev–Trinajstić information content (AvgIpc) is 2.98. The predicted molar refractivity (Wildman–Crippen MR) is 109 cm³/mol. The Balaban J connectivity index is 1.91. The molecule has 0 atom stereocenters. The lowest BCUT2D eigenvalue weighted by atomic mass is 10.1. The number of methoxy groups -OCH3 is 1. The van der Waals surface area contributed by atoms with Gasteiger partial charge in [0.05, 0.1) is 18.4 Å². The minimum absolute atomic E-state index is 0.0897. The van der Waals surface area contributed by atoms with Gasteiger partial charge in [0.15, 0.2) is 0 Å². The van der Waals surface area contributed by atoms with Crippen LogP contribution in [0, 0.1) is 0 Å². The van der Waals surface area contributed by atoms with Gasteiger partial charge in [-0.25, -0.2) is 5.01 Å². The molecular weight excluding hydrogens is 344 g/mol. The second-order valence-electron chi connectivity index (χ2n) is 6.05. The first kappa shape index (κ1) is 18.1. The Morgan fingerprint density at radius 3 is 2.38 bits per heavy atom. The van der Waals surface area contributed by atoms with Crippen molar-refractivity contribution in [3.05, 3.63) is 66.2 Å². The Morgan fingerprint density at radius 2 is 1.77 bits per heavy atom. The highest BCUT2D eigenvalue weighted by molar-refractivity contribution is 7.80. The van der Waals surface area contributed by atoms with E-state index in [0.29, 0.717) is 17.1 Å². The highest BCUT2D eigenvalue weighted by atomic mass is 32.1. The topological polar surface area (TPSA) is 32.8 Å². The van der Waals surface area contributed by atoms with Crippen molar-refractivity contribution in [1.29, 1.82) is 0 Å². The molecule has 1 heterocycles. The zero-order valence-electron chi connectivity index (χ0n) is 15.0. The smallest absolute Gasteiger partial charge is 0.278 e. The van der Waals surface area contributed by atoms with Gasteiger partial charge in [-0.2, -0.15) is 0 Å². The van der Waals surface area contributed by atoms with Crippen LogP contribution in [0.5, 0.6) is 5.75 Å². The normalized spacial score (nSPS) is 13.8. The van der Waals surface area contributed by atoms with Crippen LogP contribution in [0.3, 0.4) is 0 Å². The molecule has 5 heteroatoms. The maximum Gasteiger partial charge on any atom is 0.278 e. The third-order valence-electron chi connectivity index (χ3n) is 4.32. The summed E-state index contributed by atoms with van der Waals surface area (Å²) in [5.41, 5.74) is 2.43. The van der Waals surface area contributed by atoms with Gasteiger partial charge < -0.3 is 4.74 Å². The lowest BCUT2D eigenvalue weighted by molar-refractivity contribution is -0.121. The van der Waals surface area contributed by atoms with Crippen molar-refractivity contribution in [1.82, 2.24) is 5.01 Å². The van der Waals surface area contributed by atoms with E-state index in [2.05, 4.69) is 6.92 Å². The molecule has 0 fully saturated rings. The number of carbonyl (C=O) groups excluding carboxylic acids is 1. The molecule has 0 saturated carbocycles. The van der Waals surface area contributed by atoms with Crippen molar-refractivity contribution in [2.75, 3.05) is 18.7 Å². The molecular formula is C21H22N2O2S. The average molecular weight is 366 g/mol. The molecule has 4 nitrogen and oxygen atoms in total. The summed E-state index contributed by atoms with van der Waals surface area (Å²) in [6, 6.07) is 17.3. The quantitative estimate of drug-likeness (QED) is 0.677. The molecule has 0 bridgehead atoms. The number of carbonyl (C=O) groups is 1. The zero-order valence-corrected chi connectivity index (χ0v) is 15.8. The summed E-state index contributed by atoms with van der Waals surface area (Å²) in [4.78, 5) is 13.6. The Hall–Kier alpha value is -2.66. The summed E-state index contributed by atoms with van der Waals surface area (Å²) in [7, 11) is 1.64. The fraction of sp³-hybridized carbons (Fsp3) is 0.238. The van der Waals surface area contributed by atoms with E-state index in [4.69, 9.17) is 17.0 Å². The number of unbranched alkanes of at least 4 members (excludes halogenated alkanes) is 1. The number of amides is 1. The lowest BCUT2D eigenvalue weighted by Gasteiger charge is -2.33. The Morgan fingerprint density at radius 1 is 1.08 bits per heavy atom. The first-order chi connectivity index (χ1) is 12.7. The van der Waals surface area contributed by atoms with E-state index in [1.807, 2.05) is 59.6 Å². The standard InChI is InChI=1S/C21H22N2O2S/c1-3-4-14-22(17-10-12-18(25-2)13-11-17)23-20(26)15-19(21(23)24)16-8-6-5-7-9-16/h5-13,15H,3-4,14H2,1-2H3. The van der Waals surface area contributed by atoms with Crippen molar-refractivity contribution in [2.45, 2.75) is 19.8 Å². The molecule has 1 aliphatic rings. The monoisotopic (exact) mass is 366 g/mol. The van der Waals surface area contributed by atoms with Gasteiger partial charge in [-0.1, -0.05) is 55.9 Å². The van der Waals surface area contributed by atoms with E-state index in [9.17, 15) is 4.79 Å². The third kappa shape index (κ3) is 3.63. The number of thiocarbonyl (C=S) groups is 1. The van der Waals surface area contributed by atoms with Crippen LogP contribution in [0.25, 0.3) is 5.57 Å². The fourth-order valence-electron chi connectivity index (χ4n) is 2.92. The van der Waals surface area contributed by atoms with Gasteiger partial charge in [0, 0.05) is 6.54 Å².